The highest BCUT2D eigenvalue weighted by atomic mass is 35.5. The molecule has 1 heterocycles. The molecule has 0 fully saturated rings. The second-order valence-electron chi connectivity index (χ2n) is 3.81. The Morgan fingerprint density at radius 2 is 2.22 bits per heavy atom. The number of benzene rings is 1. The third-order valence-corrected chi connectivity index (χ3v) is 3.70. The van der Waals surface area contributed by atoms with Crippen LogP contribution in [0.1, 0.15) is 12.2 Å². The second kappa shape index (κ2) is 6.02. The molecule has 1 atom stereocenters. The predicted octanol–water partition coefficient (Wildman–Crippen LogP) is 2.70. The van der Waals surface area contributed by atoms with Crippen LogP contribution in [0.25, 0.3) is 11.0 Å². The summed E-state index contributed by atoms with van der Waals surface area (Å²) < 4.78 is 23.0. The molecule has 2 rings (SSSR count). The lowest BCUT2D eigenvalue weighted by molar-refractivity contribution is 0.531. The van der Waals surface area contributed by atoms with Crippen molar-refractivity contribution in [2.75, 3.05) is 5.75 Å². The van der Waals surface area contributed by atoms with Gasteiger partial charge in [-0.15, -0.1) is 11.6 Å². The van der Waals surface area contributed by atoms with E-state index in [0.29, 0.717) is 18.0 Å². The Bertz CT molecular complexity index is 586. The lowest BCUT2D eigenvalue weighted by atomic mass is 10.3. The molecule has 1 aromatic heterocycles. The van der Waals surface area contributed by atoms with Crippen LogP contribution in [-0.2, 0) is 23.5 Å². The molecular weight excluding hydrogens is 295 g/mol. The number of halogens is 2. The zero-order valence-corrected chi connectivity index (χ0v) is 11.8. The number of alkyl halides is 1. The first-order chi connectivity index (χ1) is 8.61. The maximum absolute atomic E-state index is 10.5. The molecular formula is C11H11Cl2N2O2S-. The van der Waals surface area contributed by atoms with Gasteiger partial charge in [-0.05, 0) is 24.6 Å². The van der Waals surface area contributed by atoms with Crippen molar-refractivity contribution in [2.45, 2.75) is 18.8 Å². The Morgan fingerprint density at radius 3 is 2.89 bits per heavy atom. The summed E-state index contributed by atoms with van der Waals surface area (Å²) in [5, 5.41) is 0.619. The molecule has 0 aliphatic heterocycles. The molecule has 4 nitrogen and oxygen atoms in total. The normalized spacial score (nSPS) is 13.1. The minimum atomic E-state index is -2.01. The fraction of sp³-hybridized carbons (Fsp3) is 0.364. The van der Waals surface area contributed by atoms with Gasteiger partial charge in [-0.3, -0.25) is 4.21 Å². The topological polar surface area (TPSA) is 57.9 Å². The van der Waals surface area contributed by atoms with E-state index < -0.39 is 11.1 Å². The second-order valence-corrected chi connectivity index (χ2v) is 5.53. The van der Waals surface area contributed by atoms with Crippen molar-refractivity contribution in [3.63, 3.8) is 0 Å². The van der Waals surface area contributed by atoms with E-state index in [1.54, 1.807) is 12.1 Å². The fourth-order valence-electron chi connectivity index (χ4n) is 1.84. The summed E-state index contributed by atoms with van der Waals surface area (Å²) in [5.41, 5.74) is 1.70. The molecule has 7 heteroatoms. The van der Waals surface area contributed by atoms with E-state index in [9.17, 15) is 8.76 Å². The summed E-state index contributed by atoms with van der Waals surface area (Å²) >= 11 is 9.74. The number of aromatic nitrogens is 2. The van der Waals surface area contributed by atoms with Crippen LogP contribution in [0.3, 0.4) is 0 Å². The van der Waals surface area contributed by atoms with E-state index >= 15 is 0 Å². The minimum Gasteiger partial charge on any atom is -0.772 e. The summed E-state index contributed by atoms with van der Waals surface area (Å²) in [6.45, 7) is 0.578. The van der Waals surface area contributed by atoms with Gasteiger partial charge in [-0.25, -0.2) is 4.98 Å². The van der Waals surface area contributed by atoms with Gasteiger partial charge >= 0.3 is 0 Å². The highest BCUT2D eigenvalue weighted by Gasteiger charge is 2.09. The molecule has 98 valence electrons. The van der Waals surface area contributed by atoms with Crippen molar-refractivity contribution in [3.8, 4) is 0 Å². The number of hydrogen-bond acceptors (Lipinski definition) is 3. The van der Waals surface area contributed by atoms with Crippen molar-refractivity contribution >= 4 is 45.3 Å². The number of imidazole rings is 1. The summed E-state index contributed by atoms with van der Waals surface area (Å²) in [6, 6.07) is 5.43. The summed E-state index contributed by atoms with van der Waals surface area (Å²) in [4.78, 5) is 4.38. The third-order valence-electron chi connectivity index (χ3n) is 2.60. The Morgan fingerprint density at radius 1 is 1.44 bits per heavy atom. The van der Waals surface area contributed by atoms with E-state index in [-0.39, 0.29) is 11.6 Å². The summed E-state index contributed by atoms with van der Waals surface area (Å²) in [6.07, 6.45) is 0.536. The van der Waals surface area contributed by atoms with Crippen molar-refractivity contribution in [2.24, 2.45) is 0 Å². The quantitative estimate of drug-likeness (QED) is 0.630. The Hall–Kier alpha value is -0.620. The zero-order valence-electron chi connectivity index (χ0n) is 9.44. The van der Waals surface area contributed by atoms with Crippen LogP contribution in [0.5, 0.6) is 0 Å². The Kier molecular flexibility index (Phi) is 4.61. The summed E-state index contributed by atoms with van der Waals surface area (Å²) in [7, 11) is 0. The van der Waals surface area contributed by atoms with Crippen LogP contribution in [0, 0.1) is 0 Å². The number of rotatable bonds is 5. The average molecular weight is 306 g/mol. The van der Waals surface area contributed by atoms with Crippen molar-refractivity contribution in [1.82, 2.24) is 9.55 Å². The Balaban J connectivity index is 2.31. The van der Waals surface area contributed by atoms with Gasteiger partial charge in [0.1, 0.15) is 5.82 Å². The van der Waals surface area contributed by atoms with Crippen LogP contribution in [-0.4, -0.2) is 24.1 Å². The molecule has 1 unspecified atom stereocenters. The molecule has 0 N–H and O–H groups in total. The fourth-order valence-corrected chi connectivity index (χ4v) is 2.58. The number of hydrogen-bond donors (Lipinski definition) is 0. The molecule has 0 aliphatic carbocycles. The lowest BCUT2D eigenvalue weighted by Gasteiger charge is -2.09. The van der Waals surface area contributed by atoms with Crippen LogP contribution in [0.15, 0.2) is 18.2 Å². The number of nitrogens with zero attached hydrogens (tertiary/aromatic N) is 2. The molecule has 2 aromatic rings. The highest BCUT2D eigenvalue weighted by Crippen LogP contribution is 2.21. The van der Waals surface area contributed by atoms with E-state index in [4.69, 9.17) is 23.2 Å². The first kappa shape index (κ1) is 13.8. The smallest absolute Gasteiger partial charge is 0.124 e. The largest absolute Gasteiger partial charge is 0.772 e. The van der Waals surface area contributed by atoms with E-state index in [1.807, 2.05) is 10.6 Å². The van der Waals surface area contributed by atoms with Crippen LogP contribution in [0.4, 0.5) is 0 Å². The monoisotopic (exact) mass is 305 g/mol. The van der Waals surface area contributed by atoms with E-state index in [0.717, 1.165) is 16.9 Å². The molecule has 0 amide bonds. The van der Waals surface area contributed by atoms with Crippen LogP contribution < -0.4 is 0 Å². The average Bonchev–Trinajstić information content (AvgIpc) is 2.66. The molecule has 0 aliphatic rings. The van der Waals surface area contributed by atoms with Gasteiger partial charge in [0.15, 0.2) is 0 Å². The number of aryl methyl sites for hydroxylation is 1. The zero-order chi connectivity index (χ0) is 13.1. The van der Waals surface area contributed by atoms with E-state index in [1.165, 1.54) is 0 Å². The van der Waals surface area contributed by atoms with Crippen molar-refractivity contribution in [3.05, 3.63) is 29.0 Å². The van der Waals surface area contributed by atoms with Gasteiger partial charge in [0.05, 0.1) is 16.9 Å². The first-order valence-electron chi connectivity index (χ1n) is 5.38. The highest BCUT2D eigenvalue weighted by molar-refractivity contribution is 7.79. The molecule has 1 aromatic carbocycles. The first-order valence-corrected chi connectivity index (χ1v) is 7.54. The molecule has 18 heavy (non-hydrogen) atoms. The van der Waals surface area contributed by atoms with Crippen molar-refractivity contribution < 1.29 is 8.76 Å². The van der Waals surface area contributed by atoms with Gasteiger partial charge in [0.25, 0.3) is 0 Å². The van der Waals surface area contributed by atoms with Crippen LogP contribution in [0.2, 0.25) is 5.02 Å². The van der Waals surface area contributed by atoms with Gasteiger partial charge in [-0.2, -0.15) is 0 Å². The molecule has 0 saturated carbocycles. The maximum atomic E-state index is 10.5. The lowest BCUT2D eigenvalue weighted by Crippen LogP contribution is -2.06. The SMILES string of the molecule is O=S([O-])CCCn1c(CCl)nc2cc(Cl)ccc21. The van der Waals surface area contributed by atoms with E-state index in [2.05, 4.69) is 4.98 Å². The number of fused-ring (bicyclic) bond motifs is 1. The predicted molar refractivity (Wildman–Crippen MR) is 72.7 cm³/mol. The third kappa shape index (κ3) is 3.03. The van der Waals surface area contributed by atoms with Gasteiger partial charge < -0.3 is 9.12 Å². The molecule has 0 bridgehead atoms. The maximum Gasteiger partial charge on any atom is 0.124 e. The molecule has 0 spiro atoms. The Labute approximate surface area is 117 Å². The minimum absolute atomic E-state index is 0.134. The molecule has 0 radical (unpaired) electrons. The van der Waals surface area contributed by atoms with Gasteiger partial charge in [0, 0.05) is 17.3 Å². The van der Waals surface area contributed by atoms with Crippen molar-refractivity contribution in [1.29, 1.82) is 0 Å². The van der Waals surface area contributed by atoms with Gasteiger partial charge in [-0.1, -0.05) is 22.7 Å². The van der Waals surface area contributed by atoms with Gasteiger partial charge in [0.2, 0.25) is 0 Å². The summed E-state index contributed by atoms with van der Waals surface area (Å²) in [5.74, 6) is 1.15. The molecule has 0 saturated heterocycles. The standard InChI is InChI=1S/C11H12Cl2N2O2S/c12-7-11-14-9-6-8(13)2-3-10(9)15(11)4-1-5-18(16)17/h2-3,6H,1,4-5,7H2,(H,16,17)/p-1. The van der Waals surface area contributed by atoms with Crippen LogP contribution >= 0.6 is 23.2 Å².